The van der Waals surface area contributed by atoms with Crippen molar-refractivity contribution in [3.8, 4) is 16.9 Å². The van der Waals surface area contributed by atoms with Gasteiger partial charge in [0.05, 0.1) is 13.2 Å². The maximum absolute atomic E-state index is 11.1. The molecule has 5 heteroatoms. The van der Waals surface area contributed by atoms with Crippen molar-refractivity contribution < 1.29 is 19.7 Å². The molecule has 35 heavy (non-hydrogen) atoms. The second kappa shape index (κ2) is 9.11. The van der Waals surface area contributed by atoms with Gasteiger partial charge in [-0.05, 0) is 108 Å². The van der Waals surface area contributed by atoms with E-state index in [-0.39, 0.29) is 5.41 Å². The summed E-state index contributed by atoms with van der Waals surface area (Å²) in [6.07, 6.45) is 10.7. The molecule has 1 aliphatic heterocycles. The van der Waals surface area contributed by atoms with E-state index in [1.54, 1.807) is 6.08 Å². The van der Waals surface area contributed by atoms with E-state index in [2.05, 4.69) is 23.1 Å². The Hall–Kier alpha value is -2.63. The first-order valence-electron chi connectivity index (χ1n) is 13.2. The van der Waals surface area contributed by atoms with Crippen molar-refractivity contribution in [2.24, 2.45) is 17.8 Å². The minimum absolute atomic E-state index is 0.128. The molecule has 2 aromatic rings. The third kappa shape index (κ3) is 4.52. The summed E-state index contributed by atoms with van der Waals surface area (Å²) in [5.41, 5.74) is 5.66. The summed E-state index contributed by atoms with van der Waals surface area (Å²) >= 11 is 0. The summed E-state index contributed by atoms with van der Waals surface area (Å²) in [6.45, 7) is 4.05. The number of phenols is 1. The van der Waals surface area contributed by atoms with Gasteiger partial charge >= 0.3 is 5.97 Å². The van der Waals surface area contributed by atoms with Crippen LogP contribution in [0.2, 0.25) is 0 Å². The van der Waals surface area contributed by atoms with Crippen molar-refractivity contribution >= 4 is 12.0 Å². The van der Waals surface area contributed by atoms with Gasteiger partial charge in [0.1, 0.15) is 5.75 Å². The number of morpholine rings is 1. The first-order chi connectivity index (χ1) is 17.0. The number of carboxylic acid groups (broad SMARTS) is 1. The van der Waals surface area contributed by atoms with Crippen LogP contribution in [0, 0.1) is 17.8 Å². The van der Waals surface area contributed by atoms with Crippen molar-refractivity contribution in [3.05, 3.63) is 59.2 Å². The smallest absolute Gasteiger partial charge is 0.328 e. The van der Waals surface area contributed by atoms with Gasteiger partial charge in [-0.3, -0.25) is 4.90 Å². The minimum atomic E-state index is -0.942. The molecule has 5 fully saturated rings. The SMILES string of the molecule is O=C(O)C=Cc1ccc(-c2ccc(O)c(C34CC5CC(CC(C5)C3)C4)c2)c(CN2CCOCC2)c1. The molecule has 184 valence electrons. The molecule has 7 rings (SSSR count). The minimum Gasteiger partial charge on any atom is -0.508 e. The van der Waals surface area contributed by atoms with Gasteiger partial charge in [-0.1, -0.05) is 18.2 Å². The van der Waals surface area contributed by atoms with Gasteiger partial charge < -0.3 is 14.9 Å². The van der Waals surface area contributed by atoms with Crippen molar-refractivity contribution in [1.29, 1.82) is 0 Å². The molecule has 0 atom stereocenters. The number of hydrogen-bond acceptors (Lipinski definition) is 4. The van der Waals surface area contributed by atoms with E-state index < -0.39 is 5.97 Å². The fourth-order valence-corrected chi connectivity index (χ4v) is 7.87. The molecule has 5 aliphatic rings. The Morgan fingerprint density at radius 1 is 1.00 bits per heavy atom. The molecule has 2 N–H and O–H groups in total. The van der Waals surface area contributed by atoms with Gasteiger partial charge in [0.25, 0.3) is 0 Å². The number of benzene rings is 2. The molecule has 0 unspecified atom stereocenters. The molecule has 1 saturated heterocycles. The standard InChI is InChI=1S/C30H35NO4/c32-28-5-3-24(15-27(28)30-16-21-11-22(17-30)13-23(12-21)18-30)26-4-1-20(2-6-29(33)34)14-25(26)19-31-7-9-35-10-8-31/h1-6,14-15,21-23,32H,7-13,16-19H2,(H,33,34). The lowest BCUT2D eigenvalue weighted by atomic mass is 9.48. The van der Waals surface area contributed by atoms with Crippen LogP contribution >= 0.6 is 0 Å². The molecule has 1 heterocycles. The Bertz CT molecular complexity index is 1110. The number of phenolic OH excluding ortho intramolecular Hbond substituents is 1. The number of nitrogens with zero attached hydrogens (tertiary/aromatic N) is 1. The van der Waals surface area contributed by atoms with E-state index in [9.17, 15) is 9.90 Å². The fourth-order valence-electron chi connectivity index (χ4n) is 7.87. The first kappa shape index (κ1) is 22.8. The largest absolute Gasteiger partial charge is 0.508 e. The zero-order valence-electron chi connectivity index (χ0n) is 20.3. The van der Waals surface area contributed by atoms with Crippen molar-refractivity contribution in [1.82, 2.24) is 4.90 Å². The number of hydrogen-bond donors (Lipinski definition) is 2. The van der Waals surface area contributed by atoms with E-state index in [0.717, 1.165) is 72.9 Å². The predicted molar refractivity (Wildman–Crippen MR) is 136 cm³/mol. The summed E-state index contributed by atoms with van der Waals surface area (Å²) in [7, 11) is 0. The molecule has 0 spiro atoms. The van der Waals surface area contributed by atoms with E-state index in [4.69, 9.17) is 9.84 Å². The average molecular weight is 474 g/mol. The molecule has 4 bridgehead atoms. The number of carboxylic acids is 1. The molecule has 0 amide bonds. The summed E-state index contributed by atoms with van der Waals surface area (Å²) in [5.74, 6) is 1.97. The highest BCUT2D eigenvalue weighted by atomic mass is 16.5. The molecular weight excluding hydrogens is 438 g/mol. The van der Waals surface area contributed by atoms with Crippen LogP contribution in [0.3, 0.4) is 0 Å². The molecule has 5 nitrogen and oxygen atoms in total. The monoisotopic (exact) mass is 473 g/mol. The second-order valence-electron chi connectivity index (χ2n) is 11.4. The van der Waals surface area contributed by atoms with Gasteiger partial charge in [0.2, 0.25) is 0 Å². The van der Waals surface area contributed by atoms with Gasteiger partial charge in [-0.25, -0.2) is 4.79 Å². The number of aromatic hydroxyl groups is 1. The van der Waals surface area contributed by atoms with Crippen molar-refractivity contribution in [3.63, 3.8) is 0 Å². The molecular formula is C30H35NO4. The average Bonchev–Trinajstić information content (AvgIpc) is 2.83. The van der Waals surface area contributed by atoms with Crippen LogP contribution in [0.5, 0.6) is 5.75 Å². The Kier molecular flexibility index (Phi) is 5.93. The van der Waals surface area contributed by atoms with Gasteiger partial charge in [-0.2, -0.15) is 0 Å². The molecule has 4 saturated carbocycles. The predicted octanol–water partition coefficient (Wildman–Crippen LogP) is 5.46. The van der Waals surface area contributed by atoms with Crippen LogP contribution in [-0.2, 0) is 21.5 Å². The van der Waals surface area contributed by atoms with Crippen LogP contribution in [0.4, 0.5) is 0 Å². The van der Waals surface area contributed by atoms with Gasteiger partial charge in [0, 0.05) is 31.3 Å². The maximum atomic E-state index is 11.1. The zero-order valence-corrected chi connectivity index (χ0v) is 20.3. The lowest BCUT2D eigenvalue weighted by molar-refractivity contribution is -0.131. The third-order valence-electron chi connectivity index (χ3n) is 8.96. The van der Waals surface area contributed by atoms with Crippen molar-refractivity contribution in [2.75, 3.05) is 26.3 Å². The van der Waals surface area contributed by atoms with Gasteiger partial charge in [-0.15, -0.1) is 0 Å². The van der Waals surface area contributed by atoms with Crippen LogP contribution < -0.4 is 0 Å². The topological polar surface area (TPSA) is 70.0 Å². The van der Waals surface area contributed by atoms with Crippen LogP contribution in [0.1, 0.15) is 55.2 Å². The van der Waals surface area contributed by atoms with Crippen LogP contribution in [0.15, 0.2) is 42.5 Å². The first-order valence-corrected chi connectivity index (χ1v) is 13.2. The van der Waals surface area contributed by atoms with Gasteiger partial charge in [0.15, 0.2) is 0 Å². The lowest BCUT2D eigenvalue weighted by Crippen LogP contribution is -2.48. The van der Waals surface area contributed by atoms with Crippen LogP contribution in [-0.4, -0.2) is 47.4 Å². The normalized spacial score (nSPS) is 30.2. The molecule has 0 radical (unpaired) electrons. The number of rotatable bonds is 6. The zero-order chi connectivity index (χ0) is 24.0. The number of carbonyl (C=O) groups is 1. The second-order valence-corrected chi connectivity index (χ2v) is 11.4. The van der Waals surface area contributed by atoms with Crippen molar-refractivity contribution in [2.45, 2.75) is 50.5 Å². The van der Waals surface area contributed by atoms with E-state index in [1.807, 2.05) is 18.2 Å². The van der Waals surface area contributed by atoms with E-state index in [0.29, 0.717) is 5.75 Å². The number of ether oxygens (including phenoxy) is 1. The Labute approximate surface area is 207 Å². The Morgan fingerprint density at radius 3 is 2.34 bits per heavy atom. The number of aliphatic carboxylic acids is 1. The lowest BCUT2D eigenvalue weighted by Gasteiger charge is -2.57. The molecule has 2 aromatic carbocycles. The molecule has 4 aliphatic carbocycles. The highest BCUT2D eigenvalue weighted by Crippen LogP contribution is 2.62. The summed E-state index contributed by atoms with van der Waals surface area (Å²) in [4.78, 5) is 13.5. The fraction of sp³-hybridized carbons (Fsp3) is 0.500. The highest BCUT2D eigenvalue weighted by Gasteiger charge is 2.52. The maximum Gasteiger partial charge on any atom is 0.328 e. The van der Waals surface area contributed by atoms with Crippen LogP contribution in [0.25, 0.3) is 17.2 Å². The quantitative estimate of drug-likeness (QED) is 0.546. The summed E-state index contributed by atoms with van der Waals surface area (Å²) in [5, 5.41) is 20.1. The third-order valence-corrected chi connectivity index (χ3v) is 8.96. The van der Waals surface area contributed by atoms with E-state index in [1.165, 1.54) is 50.2 Å². The molecule has 0 aromatic heterocycles. The Balaban J connectivity index is 1.38. The Morgan fingerprint density at radius 2 is 1.69 bits per heavy atom. The van der Waals surface area contributed by atoms with E-state index >= 15 is 0 Å². The highest BCUT2D eigenvalue weighted by molar-refractivity contribution is 5.85. The summed E-state index contributed by atoms with van der Waals surface area (Å²) < 4.78 is 5.54. The summed E-state index contributed by atoms with van der Waals surface area (Å²) in [6, 6.07) is 12.4.